The monoisotopic (exact) mass is 431 g/mol. The van der Waals surface area contributed by atoms with Crippen LogP contribution in [-0.2, 0) is 5.60 Å². The van der Waals surface area contributed by atoms with Crippen LogP contribution in [0.5, 0.6) is 0 Å². The molecular weight excluding hydrogens is 406 g/mol. The molecule has 0 unspecified atom stereocenters. The lowest BCUT2D eigenvalue weighted by molar-refractivity contribution is -0.948. The fraction of sp³-hybridized carbons (Fsp3) is 0.364. The third-order valence-corrected chi connectivity index (χ3v) is 6.86. The summed E-state index contributed by atoms with van der Waals surface area (Å²) in [5, 5.41) is 11.9. The Balaban J connectivity index is 0.00000196. The van der Waals surface area contributed by atoms with E-state index in [9.17, 15) is 5.11 Å². The van der Waals surface area contributed by atoms with Gasteiger partial charge in [0.15, 0.2) is 5.60 Å². The van der Waals surface area contributed by atoms with E-state index in [1.807, 2.05) is 6.08 Å². The molecule has 138 valence electrons. The quantitative estimate of drug-likeness (QED) is 0.449. The average Bonchev–Trinajstić information content (AvgIpc) is 3.05. The Hall–Kier alpha value is -1.07. The van der Waals surface area contributed by atoms with Crippen molar-refractivity contribution in [2.75, 3.05) is 25.9 Å². The summed E-state index contributed by atoms with van der Waals surface area (Å²) >= 11 is 1.73. The van der Waals surface area contributed by atoms with Crippen LogP contribution in [0.15, 0.2) is 66.1 Å². The minimum atomic E-state index is -0.933. The lowest BCUT2D eigenvalue weighted by Crippen LogP contribution is -3.00. The van der Waals surface area contributed by atoms with Crippen molar-refractivity contribution in [2.24, 2.45) is 0 Å². The molecule has 4 rings (SSSR count). The molecule has 2 nitrogen and oxygen atoms in total. The number of rotatable bonds is 4. The Morgan fingerprint density at radius 1 is 1.23 bits per heavy atom. The normalized spacial score (nSPS) is 29.4. The largest absolute Gasteiger partial charge is 1.00 e. The van der Waals surface area contributed by atoms with E-state index in [1.54, 1.807) is 11.8 Å². The summed E-state index contributed by atoms with van der Waals surface area (Å²) in [7, 11) is 0. The minimum absolute atomic E-state index is 0. The fourth-order valence-corrected chi connectivity index (χ4v) is 5.44. The molecule has 4 heteroatoms. The fourth-order valence-electron chi connectivity index (χ4n) is 5.03. The molecule has 2 heterocycles. The second-order valence-corrected chi connectivity index (χ2v) is 8.29. The average molecular weight is 432 g/mol. The Morgan fingerprint density at radius 3 is 2.65 bits per heavy atom. The number of quaternary nitrogens is 1. The van der Waals surface area contributed by atoms with Crippen LogP contribution in [0.4, 0.5) is 0 Å². The van der Waals surface area contributed by atoms with Crippen LogP contribution in [0.3, 0.4) is 0 Å². The van der Waals surface area contributed by atoms with Crippen LogP contribution in [0.25, 0.3) is 0 Å². The summed E-state index contributed by atoms with van der Waals surface area (Å²) in [6.45, 7) is 6.79. The van der Waals surface area contributed by atoms with E-state index in [1.165, 1.54) is 23.3 Å². The molecule has 2 aromatic carbocycles. The van der Waals surface area contributed by atoms with Crippen molar-refractivity contribution in [1.82, 2.24) is 0 Å². The zero-order valence-electron chi connectivity index (χ0n) is 15.2. The van der Waals surface area contributed by atoms with Crippen molar-refractivity contribution in [2.45, 2.75) is 29.4 Å². The summed E-state index contributed by atoms with van der Waals surface area (Å²) in [6, 6.07) is 17.4. The molecule has 2 aromatic rings. The summed E-state index contributed by atoms with van der Waals surface area (Å²) in [5.74, 6) is 0. The second-order valence-electron chi connectivity index (χ2n) is 7.41. The number of benzene rings is 2. The first kappa shape index (κ1) is 19.7. The highest BCUT2D eigenvalue weighted by Gasteiger charge is 2.54. The Morgan fingerprint density at radius 2 is 1.96 bits per heavy atom. The van der Waals surface area contributed by atoms with Gasteiger partial charge in [0.25, 0.3) is 0 Å². The van der Waals surface area contributed by atoms with Gasteiger partial charge in [-0.2, -0.15) is 0 Å². The number of halogens is 1. The molecule has 0 aromatic heterocycles. The lowest BCUT2D eigenvalue weighted by Gasteiger charge is -2.50. The first-order valence-corrected chi connectivity index (χ1v) is 10.3. The molecule has 3 atom stereocenters. The van der Waals surface area contributed by atoms with Gasteiger partial charge in [-0.1, -0.05) is 43.0 Å². The molecule has 0 saturated carbocycles. The minimum Gasteiger partial charge on any atom is -1.00 e. The number of thioether (sulfide) groups is 1. The van der Waals surface area contributed by atoms with E-state index in [0.29, 0.717) is 6.04 Å². The molecule has 1 N–H and O–H groups in total. The van der Waals surface area contributed by atoms with Crippen molar-refractivity contribution in [3.05, 3.63) is 77.9 Å². The molecule has 2 aliphatic rings. The molecule has 0 spiro atoms. The first-order valence-electron chi connectivity index (χ1n) is 9.06. The zero-order chi connectivity index (χ0) is 17.5. The maximum atomic E-state index is 11.9. The summed E-state index contributed by atoms with van der Waals surface area (Å²) in [5.41, 5.74) is 2.49. The van der Waals surface area contributed by atoms with Gasteiger partial charge < -0.3 is 26.6 Å². The number of aliphatic hydroxyl groups is 1. The van der Waals surface area contributed by atoms with Gasteiger partial charge in [-0.3, -0.25) is 0 Å². The van der Waals surface area contributed by atoms with Crippen molar-refractivity contribution < 1.29 is 26.6 Å². The predicted molar refractivity (Wildman–Crippen MR) is 105 cm³/mol. The van der Waals surface area contributed by atoms with Gasteiger partial charge in [0.2, 0.25) is 0 Å². The van der Waals surface area contributed by atoms with Crippen LogP contribution < -0.4 is 17.0 Å². The summed E-state index contributed by atoms with van der Waals surface area (Å²) in [4.78, 5) is 1.23. The van der Waals surface area contributed by atoms with E-state index in [4.69, 9.17) is 0 Å². The zero-order valence-corrected chi connectivity index (χ0v) is 17.6. The maximum absolute atomic E-state index is 11.9. The van der Waals surface area contributed by atoms with Crippen molar-refractivity contribution in [1.29, 1.82) is 0 Å². The lowest BCUT2D eigenvalue weighted by atomic mass is 9.76. The first-order chi connectivity index (χ1) is 12.1. The molecule has 0 bridgehead atoms. The van der Waals surface area contributed by atoms with Crippen LogP contribution in [-0.4, -0.2) is 35.5 Å². The van der Waals surface area contributed by atoms with E-state index in [0.717, 1.165) is 35.2 Å². The summed E-state index contributed by atoms with van der Waals surface area (Å²) < 4.78 is 0.932. The molecule has 26 heavy (non-hydrogen) atoms. The van der Waals surface area contributed by atoms with Gasteiger partial charge >= 0.3 is 0 Å². The molecule has 0 aliphatic carbocycles. The van der Waals surface area contributed by atoms with Gasteiger partial charge in [-0.05, 0) is 30.0 Å². The Bertz CT molecular complexity index is 793. The second kappa shape index (κ2) is 7.51. The van der Waals surface area contributed by atoms with Gasteiger partial charge in [0, 0.05) is 28.9 Å². The molecular formula is C22H26BrNOS. The SMILES string of the molecule is C=CC[N@@+]12CCC[C@@H]1c1ccccc1[C@](O)(c1ccc(SC)cc1)C2.[Br-]. The van der Waals surface area contributed by atoms with Crippen molar-refractivity contribution in [3.8, 4) is 0 Å². The van der Waals surface area contributed by atoms with E-state index >= 15 is 0 Å². The van der Waals surface area contributed by atoms with E-state index < -0.39 is 5.60 Å². The Kier molecular flexibility index (Phi) is 5.69. The summed E-state index contributed by atoms with van der Waals surface area (Å²) in [6.07, 6.45) is 6.53. The third kappa shape index (κ3) is 2.97. The smallest absolute Gasteiger partial charge is 0.164 e. The van der Waals surface area contributed by atoms with E-state index in [2.05, 4.69) is 61.4 Å². The van der Waals surface area contributed by atoms with Crippen molar-refractivity contribution in [3.63, 3.8) is 0 Å². The maximum Gasteiger partial charge on any atom is 0.164 e. The van der Waals surface area contributed by atoms with Gasteiger partial charge in [-0.25, -0.2) is 0 Å². The number of nitrogens with zero attached hydrogens (tertiary/aromatic N) is 1. The van der Waals surface area contributed by atoms with Crippen LogP contribution >= 0.6 is 11.8 Å². The van der Waals surface area contributed by atoms with Gasteiger partial charge in [-0.15, -0.1) is 11.8 Å². The standard InChI is InChI=1S/C22H26NOS.BrH/c1-3-14-23-15-6-9-21(23)19-7-4-5-8-20(19)22(24,16-23)17-10-12-18(25-2)13-11-17;/h3-5,7-8,10-13,21,24H,1,6,9,14-16H2,2H3;1H/q+1;/p-1/t21-,22-,23+;/m1./s1. The molecule has 1 fully saturated rings. The predicted octanol–water partition coefficient (Wildman–Crippen LogP) is 1.50. The number of fused-ring (bicyclic) bond motifs is 3. The van der Waals surface area contributed by atoms with Crippen molar-refractivity contribution >= 4 is 11.8 Å². The number of hydrogen-bond donors (Lipinski definition) is 1. The third-order valence-electron chi connectivity index (χ3n) is 6.11. The van der Waals surface area contributed by atoms with Crippen LogP contribution in [0.2, 0.25) is 0 Å². The topological polar surface area (TPSA) is 20.2 Å². The van der Waals surface area contributed by atoms with E-state index in [-0.39, 0.29) is 17.0 Å². The van der Waals surface area contributed by atoms with Gasteiger partial charge in [0.1, 0.15) is 12.6 Å². The Labute approximate surface area is 171 Å². The van der Waals surface area contributed by atoms with Gasteiger partial charge in [0.05, 0.1) is 13.1 Å². The molecule has 0 amide bonds. The highest BCUT2D eigenvalue weighted by molar-refractivity contribution is 7.98. The van der Waals surface area contributed by atoms with Crippen LogP contribution in [0, 0.1) is 0 Å². The molecule has 2 aliphatic heterocycles. The highest BCUT2D eigenvalue weighted by atomic mass is 79.9. The number of hydrogen-bond acceptors (Lipinski definition) is 2. The molecule has 1 saturated heterocycles. The highest BCUT2D eigenvalue weighted by Crippen LogP contribution is 2.51. The molecule has 0 radical (unpaired) electrons. The van der Waals surface area contributed by atoms with Crippen LogP contribution in [0.1, 0.15) is 35.6 Å².